The first-order chi connectivity index (χ1) is 5.25. The van der Waals surface area contributed by atoms with E-state index in [0.717, 1.165) is 6.21 Å². The van der Waals surface area contributed by atoms with Crippen LogP contribution in [0.4, 0.5) is 0 Å². The summed E-state index contributed by atoms with van der Waals surface area (Å²) in [7, 11) is 0. The summed E-state index contributed by atoms with van der Waals surface area (Å²) in [4.78, 5) is 0. The van der Waals surface area contributed by atoms with Gasteiger partial charge in [-0.15, -0.1) is 0 Å². The molecule has 3 nitrogen and oxygen atoms in total. The number of rotatable bonds is 1. The summed E-state index contributed by atoms with van der Waals surface area (Å²) in [5.74, 6) is -0.0240. The molecule has 0 unspecified atom stereocenters. The lowest BCUT2D eigenvalue weighted by atomic mass is 10.2. The fourth-order valence-corrected chi connectivity index (χ4v) is 0.874. The van der Waals surface area contributed by atoms with Crippen molar-refractivity contribution in [2.45, 2.75) is 0 Å². The number of hydrogen-bond acceptors (Lipinski definition) is 3. The van der Waals surface area contributed by atoms with Gasteiger partial charge in [0.05, 0.1) is 11.2 Å². The van der Waals surface area contributed by atoms with Gasteiger partial charge in [0, 0.05) is 5.56 Å². The molecular weight excluding hydrogens is 166 g/mol. The third-order valence-electron chi connectivity index (χ3n) is 1.21. The van der Waals surface area contributed by atoms with E-state index in [9.17, 15) is 0 Å². The fraction of sp³-hybridized carbons (Fsp3) is 0. The van der Waals surface area contributed by atoms with Gasteiger partial charge in [-0.1, -0.05) is 28.9 Å². The lowest BCUT2D eigenvalue weighted by molar-refractivity contribution is 0.322. The highest BCUT2D eigenvalue weighted by Crippen LogP contribution is 2.24. The zero-order valence-corrected chi connectivity index (χ0v) is 6.28. The van der Waals surface area contributed by atoms with E-state index < -0.39 is 0 Å². The Morgan fingerprint density at radius 2 is 2.18 bits per heavy atom. The van der Waals surface area contributed by atoms with Gasteiger partial charge in [-0.2, -0.15) is 0 Å². The molecule has 58 valence electrons. The van der Waals surface area contributed by atoms with E-state index in [1.807, 2.05) is 0 Å². The van der Waals surface area contributed by atoms with Crippen LogP contribution in [0.5, 0.6) is 5.75 Å². The summed E-state index contributed by atoms with van der Waals surface area (Å²) in [6, 6.07) is 4.69. The zero-order chi connectivity index (χ0) is 8.27. The molecule has 1 aromatic rings. The van der Waals surface area contributed by atoms with Crippen LogP contribution in [0, 0.1) is 0 Å². The maximum absolute atomic E-state index is 9.05. The molecule has 0 radical (unpaired) electrons. The highest BCUT2D eigenvalue weighted by atomic mass is 35.5. The third kappa shape index (κ3) is 1.62. The van der Waals surface area contributed by atoms with Gasteiger partial charge in [-0.25, -0.2) is 0 Å². The van der Waals surface area contributed by atoms with E-state index in [0.29, 0.717) is 5.56 Å². The van der Waals surface area contributed by atoms with Gasteiger partial charge in [0.2, 0.25) is 0 Å². The average Bonchev–Trinajstić information content (AvgIpc) is 1.99. The topological polar surface area (TPSA) is 52.8 Å². The van der Waals surface area contributed by atoms with Gasteiger partial charge >= 0.3 is 0 Å². The van der Waals surface area contributed by atoms with Crippen molar-refractivity contribution in [1.29, 1.82) is 0 Å². The van der Waals surface area contributed by atoms with Crippen molar-refractivity contribution in [3.8, 4) is 5.75 Å². The Bertz CT molecular complexity index is 286. The van der Waals surface area contributed by atoms with Crippen molar-refractivity contribution in [2.75, 3.05) is 0 Å². The molecule has 1 rings (SSSR count). The summed E-state index contributed by atoms with van der Waals surface area (Å²) >= 11 is 5.62. The SMILES string of the molecule is ON=Cc1cccc(O)c1Cl. The maximum atomic E-state index is 9.05. The molecule has 0 heterocycles. The van der Waals surface area contributed by atoms with E-state index in [4.69, 9.17) is 21.9 Å². The number of nitrogens with zero attached hydrogens (tertiary/aromatic N) is 1. The highest BCUT2D eigenvalue weighted by molar-refractivity contribution is 6.34. The highest BCUT2D eigenvalue weighted by Gasteiger charge is 2.01. The lowest BCUT2D eigenvalue weighted by Gasteiger charge is -1.97. The molecular formula is C7H6ClNO2. The Balaban J connectivity index is 3.16. The Morgan fingerprint density at radius 3 is 2.82 bits per heavy atom. The molecule has 0 spiro atoms. The Morgan fingerprint density at radius 1 is 1.45 bits per heavy atom. The number of phenols is 1. The normalized spacial score (nSPS) is 10.6. The van der Waals surface area contributed by atoms with Crippen LogP contribution in [-0.4, -0.2) is 16.5 Å². The van der Waals surface area contributed by atoms with Crippen LogP contribution in [0.15, 0.2) is 23.4 Å². The molecule has 0 amide bonds. The van der Waals surface area contributed by atoms with Gasteiger partial charge in [-0.3, -0.25) is 0 Å². The standard InChI is InChI=1S/C7H6ClNO2/c8-7-5(4-9-11)2-1-3-6(7)10/h1-4,10-11H. The van der Waals surface area contributed by atoms with Gasteiger partial charge in [-0.05, 0) is 6.07 Å². The van der Waals surface area contributed by atoms with Crippen LogP contribution in [0.3, 0.4) is 0 Å². The molecule has 0 aliphatic carbocycles. The number of hydrogen-bond donors (Lipinski definition) is 2. The van der Waals surface area contributed by atoms with Crippen LogP contribution in [-0.2, 0) is 0 Å². The number of aromatic hydroxyl groups is 1. The maximum Gasteiger partial charge on any atom is 0.134 e. The first kappa shape index (κ1) is 7.88. The summed E-state index contributed by atoms with van der Waals surface area (Å²) in [5.41, 5.74) is 0.481. The summed E-state index contributed by atoms with van der Waals surface area (Å²) in [5, 5.41) is 20.2. The molecule has 0 fully saturated rings. The minimum Gasteiger partial charge on any atom is -0.506 e. The van der Waals surface area contributed by atoms with Gasteiger partial charge in [0.15, 0.2) is 0 Å². The van der Waals surface area contributed by atoms with E-state index in [-0.39, 0.29) is 10.8 Å². The molecule has 0 aliphatic rings. The molecule has 0 atom stereocenters. The Labute approximate surface area is 68.5 Å². The molecule has 4 heteroatoms. The molecule has 0 saturated carbocycles. The minimum atomic E-state index is -0.0240. The van der Waals surface area contributed by atoms with E-state index in [1.165, 1.54) is 6.07 Å². The number of phenolic OH excluding ortho intramolecular Hbond substituents is 1. The van der Waals surface area contributed by atoms with Crippen molar-refractivity contribution in [3.05, 3.63) is 28.8 Å². The molecule has 0 aromatic heterocycles. The molecule has 0 saturated heterocycles. The summed E-state index contributed by atoms with van der Waals surface area (Å²) in [6.07, 6.45) is 1.15. The first-order valence-corrected chi connectivity index (χ1v) is 3.28. The van der Waals surface area contributed by atoms with Crippen molar-refractivity contribution < 1.29 is 10.3 Å². The van der Waals surface area contributed by atoms with E-state index in [2.05, 4.69) is 5.16 Å². The summed E-state index contributed by atoms with van der Waals surface area (Å²) in [6.45, 7) is 0. The Hall–Kier alpha value is -1.22. The van der Waals surface area contributed by atoms with Gasteiger partial charge in [0.1, 0.15) is 5.75 Å². The largest absolute Gasteiger partial charge is 0.506 e. The number of halogens is 1. The molecule has 0 bridgehead atoms. The van der Waals surface area contributed by atoms with Crippen LogP contribution in [0.1, 0.15) is 5.56 Å². The predicted molar refractivity (Wildman–Crippen MR) is 42.5 cm³/mol. The molecule has 11 heavy (non-hydrogen) atoms. The first-order valence-electron chi connectivity index (χ1n) is 2.90. The fourth-order valence-electron chi connectivity index (χ4n) is 0.699. The average molecular weight is 172 g/mol. The van der Waals surface area contributed by atoms with Gasteiger partial charge in [0.25, 0.3) is 0 Å². The van der Waals surface area contributed by atoms with Crippen molar-refractivity contribution in [2.24, 2.45) is 5.16 Å². The third-order valence-corrected chi connectivity index (χ3v) is 1.62. The predicted octanol–water partition coefficient (Wildman–Crippen LogP) is 1.85. The van der Waals surface area contributed by atoms with E-state index >= 15 is 0 Å². The quantitative estimate of drug-likeness (QED) is 0.385. The number of benzene rings is 1. The second kappa shape index (κ2) is 3.25. The summed E-state index contributed by atoms with van der Waals surface area (Å²) < 4.78 is 0. The van der Waals surface area contributed by atoms with E-state index in [1.54, 1.807) is 12.1 Å². The smallest absolute Gasteiger partial charge is 0.134 e. The second-order valence-corrected chi connectivity index (χ2v) is 2.30. The molecule has 1 aromatic carbocycles. The van der Waals surface area contributed by atoms with Crippen molar-refractivity contribution in [3.63, 3.8) is 0 Å². The van der Waals surface area contributed by atoms with Gasteiger partial charge < -0.3 is 10.3 Å². The number of oxime groups is 1. The monoisotopic (exact) mass is 171 g/mol. The second-order valence-electron chi connectivity index (χ2n) is 1.92. The zero-order valence-electron chi connectivity index (χ0n) is 5.53. The lowest BCUT2D eigenvalue weighted by Crippen LogP contribution is -1.82. The van der Waals surface area contributed by atoms with Crippen LogP contribution in [0.25, 0.3) is 0 Å². The Kier molecular flexibility index (Phi) is 2.33. The molecule has 2 N–H and O–H groups in total. The van der Waals surface area contributed by atoms with Crippen LogP contribution < -0.4 is 0 Å². The van der Waals surface area contributed by atoms with Crippen molar-refractivity contribution in [1.82, 2.24) is 0 Å². The van der Waals surface area contributed by atoms with Crippen LogP contribution in [0.2, 0.25) is 5.02 Å². The van der Waals surface area contributed by atoms with Crippen LogP contribution >= 0.6 is 11.6 Å². The molecule has 0 aliphatic heterocycles. The minimum absolute atomic E-state index is 0.0240. The van der Waals surface area contributed by atoms with Crippen molar-refractivity contribution >= 4 is 17.8 Å².